The minimum absolute atomic E-state index is 0.0552. The fraction of sp³-hybridized carbons (Fsp3) is 0.600. The maximum Gasteiger partial charge on any atom is 0.270 e. The molecule has 1 aromatic heterocycles. The average molecular weight is 292 g/mol. The van der Waals surface area contributed by atoms with Gasteiger partial charge in [-0.2, -0.15) is 0 Å². The van der Waals surface area contributed by atoms with Crippen molar-refractivity contribution in [1.29, 1.82) is 0 Å². The van der Waals surface area contributed by atoms with Crippen molar-refractivity contribution < 1.29 is 9.53 Å². The summed E-state index contributed by atoms with van der Waals surface area (Å²) in [4.78, 5) is 18.7. The fourth-order valence-corrected chi connectivity index (χ4v) is 2.33. The molecule has 6 heteroatoms. The van der Waals surface area contributed by atoms with Crippen LogP contribution in [0.1, 0.15) is 24.3 Å². The molecule has 1 unspecified atom stereocenters. The van der Waals surface area contributed by atoms with E-state index in [1.807, 2.05) is 19.1 Å². The summed E-state index contributed by atoms with van der Waals surface area (Å²) in [6, 6.07) is 5.40. The maximum atomic E-state index is 12.1. The molecule has 1 aliphatic heterocycles. The quantitative estimate of drug-likeness (QED) is 0.817. The summed E-state index contributed by atoms with van der Waals surface area (Å²) in [6.45, 7) is 8.99. The van der Waals surface area contributed by atoms with Crippen LogP contribution in [0, 0.1) is 0 Å². The van der Waals surface area contributed by atoms with Gasteiger partial charge in [-0.3, -0.25) is 9.69 Å². The molecule has 116 valence electrons. The van der Waals surface area contributed by atoms with E-state index in [1.165, 1.54) is 0 Å². The van der Waals surface area contributed by atoms with Crippen molar-refractivity contribution >= 4 is 11.7 Å². The van der Waals surface area contributed by atoms with E-state index >= 15 is 0 Å². The third-order valence-electron chi connectivity index (χ3n) is 3.50. The molecule has 1 fully saturated rings. The molecule has 0 aromatic carbocycles. The Labute approximate surface area is 125 Å². The number of ether oxygens (including phenoxy) is 1. The van der Waals surface area contributed by atoms with Gasteiger partial charge in [0.05, 0.1) is 12.7 Å². The van der Waals surface area contributed by atoms with Crippen LogP contribution in [-0.2, 0) is 4.74 Å². The van der Waals surface area contributed by atoms with Crippen LogP contribution < -0.4 is 10.6 Å². The van der Waals surface area contributed by atoms with Gasteiger partial charge >= 0.3 is 0 Å². The molecular formula is C15H24N4O2. The van der Waals surface area contributed by atoms with Crippen LogP contribution in [-0.4, -0.2) is 61.2 Å². The molecule has 0 aliphatic carbocycles. The van der Waals surface area contributed by atoms with Gasteiger partial charge in [0.2, 0.25) is 0 Å². The van der Waals surface area contributed by atoms with Crippen LogP contribution in [0.25, 0.3) is 0 Å². The van der Waals surface area contributed by atoms with Crippen LogP contribution in [0.4, 0.5) is 5.82 Å². The summed E-state index contributed by atoms with van der Waals surface area (Å²) in [6.07, 6.45) is 0.0552. The first-order chi connectivity index (χ1) is 10.2. The summed E-state index contributed by atoms with van der Waals surface area (Å²) >= 11 is 0. The van der Waals surface area contributed by atoms with Crippen molar-refractivity contribution in [3.8, 4) is 0 Å². The highest BCUT2D eigenvalue weighted by atomic mass is 16.5. The number of morpholine rings is 1. The molecule has 6 nitrogen and oxygen atoms in total. The molecule has 2 heterocycles. The predicted octanol–water partition coefficient (Wildman–Crippen LogP) is 0.964. The zero-order valence-electron chi connectivity index (χ0n) is 12.8. The van der Waals surface area contributed by atoms with Gasteiger partial charge in [-0.15, -0.1) is 0 Å². The molecule has 1 aliphatic rings. The van der Waals surface area contributed by atoms with Crippen LogP contribution in [0.15, 0.2) is 18.2 Å². The number of nitrogens with zero attached hydrogens (tertiary/aromatic N) is 2. The van der Waals surface area contributed by atoms with Gasteiger partial charge in [0.15, 0.2) is 0 Å². The summed E-state index contributed by atoms with van der Waals surface area (Å²) in [5.41, 5.74) is 0.427. The highest BCUT2D eigenvalue weighted by Crippen LogP contribution is 2.06. The van der Waals surface area contributed by atoms with Gasteiger partial charge in [0.1, 0.15) is 11.5 Å². The first-order valence-corrected chi connectivity index (χ1v) is 7.56. The first-order valence-electron chi connectivity index (χ1n) is 7.56. The molecule has 0 radical (unpaired) electrons. The second-order valence-electron chi connectivity index (χ2n) is 5.03. The predicted molar refractivity (Wildman–Crippen MR) is 82.6 cm³/mol. The van der Waals surface area contributed by atoms with Crippen molar-refractivity contribution in [1.82, 2.24) is 15.2 Å². The normalized spacial score (nSPS) is 19.2. The van der Waals surface area contributed by atoms with Gasteiger partial charge < -0.3 is 15.4 Å². The number of hydrogen-bond donors (Lipinski definition) is 2. The highest BCUT2D eigenvalue weighted by Gasteiger charge is 2.20. The van der Waals surface area contributed by atoms with Gasteiger partial charge in [0, 0.05) is 26.2 Å². The molecule has 1 saturated heterocycles. The second-order valence-corrected chi connectivity index (χ2v) is 5.03. The Morgan fingerprint density at radius 3 is 3.10 bits per heavy atom. The van der Waals surface area contributed by atoms with E-state index in [0.717, 1.165) is 38.6 Å². The van der Waals surface area contributed by atoms with Crippen LogP contribution in [0.2, 0.25) is 0 Å². The standard InChI is InChI=1S/C15H24N4O2/c1-3-16-14-7-5-6-13(18-14)15(20)17-10-12-11-19(4-2)8-9-21-12/h5-7,12H,3-4,8-11H2,1-2H3,(H,16,18)(H,17,20). The minimum Gasteiger partial charge on any atom is -0.374 e. The second kappa shape index (κ2) is 7.95. The zero-order chi connectivity index (χ0) is 15.1. The van der Waals surface area contributed by atoms with Gasteiger partial charge in [-0.1, -0.05) is 13.0 Å². The van der Waals surface area contributed by atoms with Crippen LogP contribution in [0.5, 0.6) is 0 Å². The average Bonchev–Trinajstić information content (AvgIpc) is 2.53. The largest absolute Gasteiger partial charge is 0.374 e. The Bertz CT molecular complexity index is 467. The minimum atomic E-state index is -0.160. The molecule has 21 heavy (non-hydrogen) atoms. The summed E-state index contributed by atoms with van der Waals surface area (Å²) in [5, 5.41) is 6.00. The smallest absolute Gasteiger partial charge is 0.270 e. The van der Waals surface area contributed by atoms with Gasteiger partial charge in [-0.05, 0) is 25.6 Å². The molecule has 0 spiro atoms. The summed E-state index contributed by atoms with van der Waals surface area (Å²) in [7, 11) is 0. The Morgan fingerprint density at radius 2 is 2.33 bits per heavy atom. The molecule has 0 saturated carbocycles. The molecular weight excluding hydrogens is 268 g/mol. The van der Waals surface area contributed by atoms with E-state index in [9.17, 15) is 4.79 Å². The number of nitrogens with one attached hydrogen (secondary N) is 2. The number of pyridine rings is 1. The number of carbonyl (C=O) groups is 1. The lowest BCUT2D eigenvalue weighted by atomic mass is 10.2. The summed E-state index contributed by atoms with van der Waals surface area (Å²) in [5.74, 6) is 0.559. The Balaban J connectivity index is 1.85. The van der Waals surface area contributed by atoms with Crippen molar-refractivity contribution in [3.05, 3.63) is 23.9 Å². The molecule has 2 rings (SSSR count). The van der Waals surface area contributed by atoms with E-state index in [4.69, 9.17) is 4.74 Å². The highest BCUT2D eigenvalue weighted by molar-refractivity contribution is 5.92. The van der Waals surface area contributed by atoms with E-state index < -0.39 is 0 Å². The van der Waals surface area contributed by atoms with E-state index in [0.29, 0.717) is 12.2 Å². The number of amides is 1. The number of carbonyl (C=O) groups excluding carboxylic acids is 1. The lowest BCUT2D eigenvalue weighted by Gasteiger charge is -2.32. The Morgan fingerprint density at radius 1 is 1.48 bits per heavy atom. The molecule has 1 atom stereocenters. The van der Waals surface area contributed by atoms with E-state index in [1.54, 1.807) is 6.07 Å². The first kappa shape index (κ1) is 15.7. The van der Waals surface area contributed by atoms with Crippen LogP contribution in [0.3, 0.4) is 0 Å². The number of likely N-dealkylation sites (N-methyl/N-ethyl adjacent to an activating group) is 1. The molecule has 0 bridgehead atoms. The topological polar surface area (TPSA) is 66.5 Å². The number of aromatic nitrogens is 1. The third kappa shape index (κ3) is 4.68. The lowest BCUT2D eigenvalue weighted by Crippen LogP contribution is -2.47. The van der Waals surface area contributed by atoms with Gasteiger partial charge in [-0.25, -0.2) is 4.98 Å². The number of hydrogen-bond acceptors (Lipinski definition) is 5. The maximum absolute atomic E-state index is 12.1. The van der Waals surface area contributed by atoms with Crippen molar-refractivity contribution in [2.24, 2.45) is 0 Å². The molecule has 1 amide bonds. The summed E-state index contributed by atoms with van der Waals surface area (Å²) < 4.78 is 5.67. The van der Waals surface area contributed by atoms with E-state index in [-0.39, 0.29) is 12.0 Å². The van der Waals surface area contributed by atoms with Gasteiger partial charge in [0.25, 0.3) is 5.91 Å². The monoisotopic (exact) mass is 292 g/mol. The number of rotatable bonds is 6. The number of anilines is 1. The third-order valence-corrected chi connectivity index (χ3v) is 3.50. The lowest BCUT2D eigenvalue weighted by molar-refractivity contribution is -0.0246. The van der Waals surface area contributed by atoms with Crippen LogP contribution >= 0.6 is 0 Å². The van der Waals surface area contributed by atoms with Crippen molar-refractivity contribution in [2.75, 3.05) is 44.6 Å². The molecule has 2 N–H and O–H groups in total. The Kier molecular flexibility index (Phi) is 5.95. The fourth-order valence-electron chi connectivity index (χ4n) is 2.33. The van der Waals surface area contributed by atoms with Crippen molar-refractivity contribution in [2.45, 2.75) is 20.0 Å². The van der Waals surface area contributed by atoms with Crippen molar-refractivity contribution in [3.63, 3.8) is 0 Å². The zero-order valence-corrected chi connectivity index (χ0v) is 12.8. The molecule has 1 aromatic rings. The SMILES string of the molecule is CCNc1cccc(C(=O)NCC2CN(CC)CCO2)n1. The Hall–Kier alpha value is -1.66. The van der Waals surface area contributed by atoms with E-state index in [2.05, 4.69) is 27.4 Å².